The molecule has 2 aromatic carbocycles. The molecule has 1 saturated carbocycles. The number of hydrogen-bond donors (Lipinski definition) is 1. The van der Waals surface area contributed by atoms with Crippen LogP contribution in [0.15, 0.2) is 48.5 Å². The van der Waals surface area contributed by atoms with E-state index in [0.29, 0.717) is 49.5 Å². The Hall–Kier alpha value is -3.26. The molecule has 1 fully saturated rings. The molecule has 1 aliphatic rings. The first-order chi connectivity index (χ1) is 16.0. The molecular formula is C25H31NO7. The minimum absolute atomic E-state index is 0.288. The van der Waals surface area contributed by atoms with Gasteiger partial charge in [0.2, 0.25) is 0 Å². The van der Waals surface area contributed by atoms with Gasteiger partial charge < -0.3 is 29.0 Å². The number of rotatable bonds is 13. The average molecular weight is 458 g/mol. The second kappa shape index (κ2) is 12.1. The summed E-state index contributed by atoms with van der Waals surface area (Å²) in [6.45, 7) is 3.48. The molecule has 0 aromatic heterocycles. The topological polar surface area (TPSA) is 94.5 Å². The van der Waals surface area contributed by atoms with Crippen LogP contribution in [-0.4, -0.2) is 61.6 Å². The van der Waals surface area contributed by atoms with E-state index in [9.17, 15) is 14.7 Å². The zero-order valence-electron chi connectivity index (χ0n) is 19.1. The van der Waals surface area contributed by atoms with E-state index < -0.39 is 18.2 Å². The molecule has 178 valence electrons. The fourth-order valence-electron chi connectivity index (χ4n) is 3.31. The van der Waals surface area contributed by atoms with Crippen molar-refractivity contribution < 1.29 is 33.6 Å². The molecule has 1 unspecified atom stereocenters. The van der Waals surface area contributed by atoms with E-state index in [4.69, 9.17) is 18.9 Å². The Balaban J connectivity index is 1.50. The predicted molar refractivity (Wildman–Crippen MR) is 122 cm³/mol. The summed E-state index contributed by atoms with van der Waals surface area (Å²) in [7, 11) is 1.58. The van der Waals surface area contributed by atoms with Gasteiger partial charge in [0.25, 0.3) is 0 Å². The van der Waals surface area contributed by atoms with Gasteiger partial charge >= 0.3 is 12.1 Å². The molecule has 0 saturated heterocycles. The minimum Gasteiger partial charge on any atom is -0.497 e. The van der Waals surface area contributed by atoms with E-state index in [-0.39, 0.29) is 6.42 Å². The van der Waals surface area contributed by atoms with Gasteiger partial charge in [0, 0.05) is 19.6 Å². The maximum absolute atomic E-state index is 12.7. The van der Waals surface area contributed by atoms with Crippen LogP contribution < -0.4 is 14.2 Å². The molecule has 0 heterocycles. The van der Waals surface area contributed by atoms with Gasteiger partial charge in [-0.2, -0.15) is 0 Å². The monoisotopic (exact) mass is 457 g/mol. The van der Waals surface area contributed by atoms with Gasteiger partial charge in [-0.05, 0) is 67.6 Å². The molecule has 8 heteroatoms. The van der Waals surface area contributed by atoms with Crippen LogP contribution >= 0.6 is 0 Å². The molecule has 0 radical (unpaired) electrons. The molecule has 1 N–H and O–H groups in total. The molecular weight excluding hydrogens is 426 g/mol. The highest BCUT2D eigenvalue weighted by atomic mass is 16.6. The third kappa shape index (κ3) is 7.98. The lowest BCUT2D eigenvalue weighted by atomic mass is 10.1. The van der Waals surface area contributed by atoms with Crippen LogP contribution in [0.25, 0.3) is 0 Å². The highest BCUT2D eigenvalue weighted by molar-refractivity contribution is 5.72. The summed E-state index contributed by atoms with van der Waals surface area (Å²) in [5, 5.41) is 9.22. The van der Waals surface area contributed by atoms with Crippen molar-refractivity contribution in [1.82, 2.24) is 4.90 Å². The van der Waals surface area contributed by atoms with Crippen LogP contribution in [0.5, 0.6) is 17.2 Å². The maximum atomic E-state index is 12.7. The Morgan fingerprint density at radius 2 is 1.67 bits per heavy atom. The number of methoxy groups -OCH3 is 1. The molecule has 0 bridgehead atoms. The number of carbonyl (C=O) groups is 2. The fourth-order valence-corrected chi connectivity index (χ4v) is 3.31. The second-order valence-corrected chi connectivity index (χ2v) is 7.91. The largest absolute Gasteiger partial charge is 0.497 e. The number of amides is 1. The summed E-state index contributed by atoms with van der Waals surface area (Å²) in [5.74, 6) is 1.34. The summed E-state index contributed by atoms with van der Waals surface area (Å²) in [6.07, 6.45) is 1.26. The van der Waals surface area contributed by atoms with Crippen molar-refractivity contribution in [1.29, 1.82) is 0 Å². The zero-order valence-corrected chi connectivity index (χ0v) is 19.1. The SMILES string of the molecule is CCOC(Cc1ccc(OCCN(CC2CC2)C(=O)Oc2ccc(OC)cc2)cc1)C(=O)O. The van der Waals surface area contributed by atoms with E-state index in [2.05, 4.69) is 0 Å². The summed E-state index contributed by atoms with van der Waals surface area (Å²) in [4.78, 5) is 25.6. The molecule has 1 aliphatic carbocycles. The van der Waals surface area contributed by atoms with Gasteiger partial charge in [0.1, 0.15) is 23.9 Å². The van der Waals surface area contributed by atoms with Gasteiger partial charge in [-0.1, -0.05) is 12.1 Å². The van der Waals surface area contributed by atoms with Gasteiger partial charge in [-0.3, -0.25) is 0 Å². The highest BCUT2D eigenvalue weighted by Gasteiger charge is 2.27. The van der Waals surface area contributed by atoms with E-state index >= 15 is 0 Å². The molecule has 0 aliphatic heterocycles. The number of nitrogens with zero attached hydrogens (tertiary/aromatic N) is 1. The Bertz CT molecular complexity index is 894. The lowest BCUT2D eigenvalue weighted by molar-refractivity contribution is -0.149. The van der Waals surface area contributed by atoms with E-state index in [1.54, 1.807) is 55.3 Å². The highest BCUT2D eigenvalue weighted by Crippen LogP contribution is 2.30. The zero-order chi connectivity index (χ0) is 23.6. The van der Waals surface area contributed by atoms with E-state index in [1.165, 1.54) is 0 Å². The summed E-state index contributed by atoms with van der Waals surface area (Å²) in [6, 6.07) is 14.1. The fraction of sp³-hybridized carbons (Fsp3) is 0.440. The van der Waals surface area contributed by atoms with Crippen LogP contribution in [0.3, 0.4) is 0 Å². The lowest BCUT2D eigenvalue weighted by Gasteiger charge is -2.22. The van der Waals surface area contributed by atoms with E-state index in [1.807, 2.05) is 12.1 Å². The van der Waals surface area contributed by atoms with Crippen LogP contribution in [0, 0.1) is 5.92 Å². The third-order valence-corrected chi connectivity index (χ3v) is 5.32. The first-order valence-corrected chi connectivity index (χ1v) is 11.2. The first kappa shape index (κ1) is 24.4. The van der Waals surface area contributed by atoms with Gasteiger partial charge in [-0.25, -0.2) is 9.59 Å². The van der Waals surface area contributed by atoms with Crippen molar-refractivity contribution in [2.45, 2.75) is 32.3 Å². The standard InChI is InChI=1S/C25H31NO7/c1-3-31-23(24(27)28)16-18-6-8-21(9-7-18)32-15-14-26(17-19-4-5-19)25(29)33-22-12-10-20(30-2)11-13-22/h6-13,19,23H,3-5,14-17H2,1-2H3,(H,27,28). The molecule has 1 atom stereocenters. The first-order valence-electron chi connectivity index (χ1n) is 11.2. The van der Waals surface area contributed by atoms with Crippen molar-refractivity contribution in [3.8, 4) is 17.2 Å². The van der Waals surface area contributed by atoms with Gasteiger partial charge in [-0.15, -0.1) is 0 Å². The second-order valence-electron chi connectivity index (χ2n) is 7.91. The van der Waals surface area contributed by atoms with Crippen molar-refractivity contribution in [2.75, 3.05) is 33.4 Å². The number of benzene rings is 2. The van der Waals surface area contributed by atoms with Crippen LogP contribution in [0.2, 0.25) is 0 Å². The molecule has 2 aromatic rings. The number of ether oxygens (including phenoxy) is 4. The van der Waals surface area contributed by atoms with Crippen molar-refractivity contribution in [3.63, 3.8) is 0 Å². The Morgan fingerprint density at radius 3 is 2.24 bits per heavy atom. The number of carboxylic acids is 1. The lowest BCUT2D eigenvalue weighted by Crippen LogP contribution is -2.38. The van der Waals surface area contributed by atoms with Crippen LogP contribution in [-0.2, 0) is 16.0 Å². The number of carboxylic acid groups (broad SMARTS) is 1. The predicted octanol–water partition coefficient (Wildman–Crippen LogP) is 4.02. The molecule has 0 spiro atoms. The minimum atomic E-state index is -0.977. The van der Waals surface area contributed by atoms with Crippen LogP contribution in [0.1, 0.15) is 25.3 Å². The van der Waals surface area contributed by atoms with Crippen molar-refractivity contribution in [2.24, 2.45) is 5.92 Å². The third-order valence-electron chi connectivity index (χ3n) is 5.32. The Kier molecular flexibility index (Phi) is 8.95. The van der Waals surface area contributed by atoms with Crippen molar-refractivity contribution >= 4 is 12.1 Å². The molecule has 33 heavy (non-hydrogen) atoms. The number of hydrogen-bond acceptors (Lipinski definition) is 6. The summed E-state index contributed by atoms with van der Waals surface area (Å²) >= 11 is 0. The Morgan fingerprint density at radius 1 is 1.03 bits per heavy atom. The van der Waals surface area contributed by atoms with Crippen molar-refractivity contribution in [3.05, 3.63) is 54.1 Å². The molecule has 3 rings (SSSR count). The smallest absolute Gasteiger partial charge is 0.415 e. The summed E-state index contributed by atoms with van der Waals surface area (Å²) < 4.78 is 21.7. The Labute approximate surface area is 194 Å². The normalized spacial score (nSPS) is 13.8. The maximum Gasteiger partial charge on any atom is 0.415 e. The van der Waals surface area contributed by atoms with Crippen LogP contribution in [0.4, 0.5) is 4.79 Å². The van der Waals surface area contributed by atoms with Gasteiger partial charge in [0.15, 0.2) is 6.10 Å². The summed E-state index contributed by atoms with van der Waals surface area (Å²) in [5.41, 5.74) is 0.849. The molecule has 1 amide bonds. The van der Waals surface area contributed by atoms with Gasteiger partial charge in [0.05, 0.1) is 13.7 Å². The number of carbonyl (C=O) groups excluding carboxylic acids is 1. The average Bonchev–Trinajstić information content (AvgIpc) is 3.64. The number of aliphatic carboxylic acids is 1. The molecule has 8 nitrogen and oxygen atoms in total. The quantitative estimate of drug-likeness (QED) is 0.485. The van der Waals surface area contributed by atoms with E-state index in [0.717, 1.165) is 18.4 Å².